The summed E-state index contributed by atoms with van der Waals surface area (Å²) in [7, 11) is 0. The van der Waals surface area contributed by atoms with Crippen molar-refractivity contribution in [3.8, 4) is 0 Å². The lowest BCUT2D eigenvalue weighted by Gasteiger charge is -2.37. The Kier molecular flexibility index (Phi) is 7.46. The van der Waals surface area contributed by atoms with Gasteiger partial charge in [-0.1, -0.05) is 66.2 Å². The molecule has 2 nitrogen and oxygen atoms in total. The molecule has 1 heterocycles. The van der Waals surface area contributed by atoms with Crippen LogP contribution in [0.25, 0.3) is 0 Å². The minimum Gasteiger partial charge on any atom is -0.374 e. The predicted octanol–water partition coefficient (Wildman–Crippen LogP) is 7.09. The third-order valence-electron chi connectivity index (χ3n) is 5.41. The molecule has 0 aromatic heterocycles. The average Bonchev–Trinajstić information content (AvgIpc) is 2.79. The summed E-state index contributed by atoms with van der Waals surface area (Å²) < 4.78 is 47.0. The molecule has 0 amide bonds. The van der Waals surface area contributed by atoms with E-state index in [0.717, 1.165) is 24.7 Å². The second kappa shape index (κ2) is 10.3. The van der Waals surface area contributed by atoms with Gasteiger partial charge in [-0.05, 0) is 35.4 Å². The van der Waals surface area contributed by atoms with E-state index in [1.165, 1.54) is 29.5 Å². The van der Waals surface area contributed by atoms with E-state index in [1.807, 2.05) is 30.3 Å². The lowest BCUT2D eigenvalue weighted by Crippen LogP contribution is -2.44. The summed E-state index contributed by atoms with van der Waals surface area (Å²) in [5.41, 5.74) is 1.47. The summed E-state index contributed by atoms with van der Waals surface area (Å²) in [6.07, 6.45) is -4.68. The van der Waals surface area contributed by atoms with Crippen LogP contribution in [0.2, 0.25) is 5.02 Å². The molecule has 4 rings (SSSR count). The van der Waals surface area contributed by atoms with Crippen LogP contribution in [0.4, 0.5) is 13.2 Å². The molecule has 1 fully saturated rings. The molecule has 2 unspecified atom stereocenters. The zero-order chi connectivity index (χ0) is 22.6. The van der Waals surface area contributed by atoms with Crippen molar-refractivity contribution in [2.75, 3.05) is 19.7 Å². The summed E-state index contributed by atoms with van der Waals surface area (Å²) in [6.45, 7) is 2.72. The van der Waals surface area contributed by atoms with Crippen LogP contribution in [0, 0.1) is 0 Å². The second-order valence-electron chi connectivity index (χ2n) is 7.71. The number of hydrogen-bond donors (Lipinski definition) is 0. The zero-order valence-corrected chi connectivity index (χ0v) is 18.8. The minimum atomic E-state index is -4.42. The number of alkyl halides is 3. The Balaban J connectivity index is 1.61. The van der Waals surface area contributed by atoms with Crippen molar-refractivity contribution in [3.63, 3.8) is 0 Å². The van der Waals surface area contributed by atoms with E-state index >= 15 is 0 Å². The van der Waals surface area contributed by atoms with Gasteiger partial charge in [0, 0.05) is 29.6 Å². The number of hydrogen-bond acceptors (Lipinski definition) is 3. The normalized spacial score (nSPS) is 18.4. The fourth-order valence-corrected chi connectivity index (χ4v) is 5.33. The number of nitrogens with zero attached hydrogens (tertiary/aromatic N) is 1. The van der Waals surface area contributed by atoms with Crippen LogP contribution in [0.15, 0.2) is 83.8 Å². The van der Waals surface area contributed by atoms with E-state index in [4.69, 9.17) is 16.3 Å². The minimum absolute atomic E-state index is 0.198. The van der Waals surface area contributed by atoms with Crippen LogP contribution < -0.4 is 0 Å². The molecular weight excluding hydrogens is 455 g/mol. The van der Waals surface area contributed by atoms with E-state index < -0.39 is 11.7 Å². The molecule has 0 radical (unpaired) electrons. The maximum Gasteiger partial charge on any atom is 0.417 e. The fraction of sp³-hybridized carbons (Fsp3) is 0.280. The van der Waals surface area contributed by atoms with E-state index in [0.29, 0.717) is 18.2 Å². The molecule has 7 heteroatoms. The molecule has 0 aliphatic carbocycles. The Morgan fingerprint density at radius 2 is 1.66 bits per heavy atom. The van der Waals surface area contributed by atoms with Crippen LogP contribution >= 0.6 is 23.4 Å². The highest BCUT2D eigenvalue weighted by molar-refractivity contribution is 7.99. The van der Waals surface area contributed by atoms with Gasteiger partial charge in [0.1, 0.15) is 0 Å². The van der Waals surface area contributed by atoms with Gasteiger partial charge >= 0.3 is 6.18 Å². The van der Waals surface area contributed by atoms with Crippen LogP contribution in [-0.4, -0.2) is 30.7 Å². The smallest absolute Gasteiger partial charge is 0.374 e. The van der Waals surface area contributed by atoms with Gasteiger partial charge in [-0.15, -0.1) is 11.8 Å². The maximum absolute atomic E-state index is 13.6. The van der Waals surface area contributed by atoms with E-state index in [9.17, 15) is 13.2 Å². The molecule has 1 aliphatic rings. The Morgan fingerprint density at radius 1 is 0.969 bits per heavy atom. The Morgan fingerprint density at radius 3 is 2.38 bits per heavy atom. The van der Waals surface area contributed by atoms with Crippen molar-refractivity contribution in [3.05, 3.63) is 101 Å². The van der Waals surface area contributed by atoms with Gasteiger partial charge in [0.25, 0.3) is 0 Å². The molecule has 1 aliphatic heterocycles. The van der Waals surface area contributed by atoms with Crippen molar-refractivity contribution in [2.45, 2.75) is 29.0 Å². The molecule has 1 saturated heterocycles. The first-order valence-corrected chi connectivity index (χ1v) is 11.6. The van der Waals surface area contributed by atoms with Gasteiger partial charge in [0.2, 0.25) is 0 Å². The number of morpholine rings is 1. The summed E-state index contributed by atoms with van der Waals surface area (Å²) >= 11 is 7.27. The van der Waals surface area contributed by atoms with Crippen molar-refractivity contribution < 1.29 is 17.9 Å². The predicted molar refractivity (Wildman–Crippen MR) is 123 cm³/mol. The van der Waals surface area contributed by atoms with Crippen LogP contribution in [-0.2, 0) is 17.5 Å². The molecule has 0 saturated carbocycles. The molecule has 3 aromatic rings. The van der Waals surface area contributed by atoms with Gasteiger partial charge in [0.15, 0.2) is 0 Å². The topological polar surface area (TPSA) is 12.5 Å². The summed E-state index contributed by atoms with van der Waals surface area (Å²) in [5.74, 6) is 0. The highest BCUT2D eigenvalue weighted by Crippen LogP contribution is 2.45. The lowest BCUT2D eigenvalue weighted by atomic mass is 10.1. The third-order valence-corrected chi connectivity index (χ3v) is 7.10. The van der Waals surface area contributed by atoms with Gasteiger partial charge < -0.3 is 4.74 Å². The third kappa shape index (κ3) is 5.87. The first-order chi connectivity index (χ1) is 15.4. The van der Waals surface area contributed by atoms with Gasteiger partial charge in [-0.2, -0.15) is 13.2 Å². The molecule has 3 aromatic carbocycles. The van der Waals surface area contributed by atoms with Crippen molar-refractivity contribution in [1.29, 1.82) is 0 Å². The largest absolute Gasteiger partial charge is 0.417 e. The Bertz CT molecular complexity index is 1010. The average molecular weight is 478 g/mol. The van der Waals surface area contributed by atoms with Crippen LogP contribution in [0.1, 0.15) is 21.9 Å². The quantitative estimate of drug-likeness (QED) is 0.351. The van der Waals surface area contributed by atoms with Crippen LogP contribution in [0.5, 0.6) is 0 Å². The van der Waals surface area contributed by atoms with Gasteiger partial charge in [-0.3, -0.25) is 4.90 Å². The Hall–Kier alpha value is -1.99. The maximum atomic E-state index is 13.6. The van der Waals surface area contributed by atoms with E-state index in [2.05, 4.69) is 17.0 Å². The second-order valence-corrected chi connectivity index (χ2v) is 9.33. The first kappa shape index (κ1) is 23.2. The number of benzene rings is 3. The highest BCUT2D eigenvalue weighted by Gasteiger charge is 2.36. The number of rotatable bonds is 6. The van der Waals surface area contributed by atoms with E-state index in [-0.39, 0.29) is 16.2 Å². The molecule has 2 atom stereocenters. The molecule has 0 bridgehead atoms. The molecule has 0 N–H and O–H groups in total. The standard InChI is InChI=1S/C25H23ClF3NOS/c26-20-12-10-19(11-13-20)24(32-23-9-5-4-8-21(23)25(27,28)29)22-17-30(14-15-31-22)16-18-6-2-1-3-7-18/h1-13,22,24H,14-17H2. The van der Waals surface area contributed by atoms with Gasteiger partial charge in [0.05, 0.1) is 23.5 Å². The monoisotopic (exact) mass is 477 g/mol. The first-order valence-electron chi connectivity index (χ1n) is 10.4. The molecule has 168 valence electrons. The summed E-state index contributed by atoms with van der Waals surface area (Å²) in [6, 6.07) is 23.2. The molecular formula is C25H23ClF3NOS. The SMILES string of the molecule is FC(F)(F)c1ccccc1SC(c1ccc(Cl)cc1)C1CN(Cc2ccccc2)CCO1. The fourth-order valence-electron chi connectivity index (χ4n) is 3.85. The Labute approximate surface area is 195 Å². The van der Waals surface area contributed by atoms with Gasteiger partial charge in [-0.25, -0.2) is 0 Å². The van der Waals surface area contributed by atoms with Crippen LogP contribution in [0.3, 0.4) is 0 Å². The highest BCUT2D eigenvalue weighted by atomic mass is 35.5. The van der Waals surface area contributed by atoms with Crippen molar-refractivity contribution >= 4 is 23.4 Å². The number of thioether (sulfide) groups is 1. The number of ether oxygens (including phenoxy) is 1. The number of halogens is 4. The molecule has 0 spiro atoms. The van der Waals surface area contributed by atoms with Crippen molar-refractivity contribution in [2.24, 2.45) is 0 Å². The summed E-state index contributed by atoms with van der Waals surface area (Å²) in [5, 5.41) is 0.276. The summed E-state index contributed by atoms with van der Waals surface area (Å²) in [4.78, 5) is 2.49. The zero-order valence-electron chi connectivity index (χ0n) is 17.3. The van der Waals surface area contributed by atoms with Crippen molar-refractivity contribution in [1.82, 2.24) is 4.90 Å². The molecule has 32 heavy (non-hydrogen) atoms. The van der Waals surface area contributed by atoms with E-state index in [1.54, 1.807) is 18.2 Å². The lowest BCUT2D eigenvalue weighted by molar-refractivity contribution is -0.139.